The van der Waals surface area contributed by atoms with E-state index in [9.17, 15) is 20.0 Å². The number of hydrogen-bond acceptors (Lipinski definition) is 7. The van der Waals surface area contributed by atoms with Gasteiger partial charge in [-0.15, -0.1) is 0 Å². The van der Waals surface area contributed by atoms with Gasteiger partial charge in [-0.05, 0) is 24.3 Å². The fraction of sp³-hybridized carbons (Fsp3) is 0.0714. The number of nitro groups is 1. The molecule has 0 saturated heterocycles. The van der Waals surface area contributed by atoms with Gasteiger partial charge >= 0.3 is 5.69 Å². The predicted octanol–water partition coefficient (Wildman–Crippen LogP) is 1.47. The number of amides is 1. The molecule has 2 rings (SSSR count). The predicted molar refractivity (Wildman–Crippen MR) is 80.6 cm³/mol. The number of methoxy groups -OCH3 is 1. The van der Waals surface area contributed by atoms with Crippen LogP contribution in [0.1, 0.15) is 16.1 Å². The number of benzene rings is 1. The zero-order valence-corrected chi connectivity index (χ0v) is 12.0. The van der Waals surface area contributed by atoms with E-state index in [4.69, 9.17) is 4.74 Å². The molecule has 0 bridgehead atoms. The quantitative estimate of drug-likeness (QED) is 0.488. The third kappa shape index (κ3) is 3.59. The van der Waals surface area contributed by atoms with E-state index in [0.29, 0.717) is 0 Å². The van der Waals surface area contributed by atoms with Crippen LogP contribution in [0.3, 0.4) is 0 Å². The number of aromatic hydroxyl groups is 1. The molecule has 0 aliphatic heterocycles. The van der Waals surface area contributed by atoms with E-state index >= 15 is 0 Å². The van der Waals surface area contributed by atoms with E-state index in [1.807, 2.05) is 0 Å². The molecular weight excluding hydrogens is 304 g/mol. The SMILES string of the molecule is COc1c(O)ccc(C=NNC(=O)c2ccccn2)c1[N+](=O)[O-]. The second-order valence-corrected chi connectivity index (χ2v) is 4.23. The average Bonchev–Trinajstić information content (AvgIpc) is 2.56. The fourth-order valence-corrected chi connectivity index (χ4v) is 1.78. The lowest BCUT2D eigenvalue weighted by Gasteiger charge is -2.06. The molecule has 2 N–H and O–H groups in total. The highest BCUT2D eigenvalue weighted by molar-refractivity contribution is 5.94. The standard InChI is InChI=1S/C14H12N4O5/c1-23-13-11(19)6-5-9(12(13)18(21)22)8-16-17-14(20)10-4-2-3-7-15-10/h2-8,19H,1H3,(H,17,20). The third-order valence-corrected chi connectivity index (χ3v) is 2.80. The van der Waals surface area contributed by atoms with Gasteiger partial charge in [-0.2, -0.15) is 5.10 Å². The molecule has 1 heterocycles. The van der Waals surface area contributed by atoms with Gasteiger partial charge in [-0.1, -0.05) is 6.07 Å². The molecule has 118 valence electrons. The summed E-state index contributed by atoms with van der Waals surface area (Å²) in [6.07, 6.45) is 2.54. The number of nitrogens with zero attached hydrogens (tertiary/aromatic N) is 3. The van der Waals surface area contributed by atoms with Crippen LogP contribution in [0.4, 0.5) is 5.69 Å². The van der Waals surface area contributed by atoms with Crippen molar-refractivity contribution < 1.29 is 19.6 Å². The molecule has 1 amide bonds. The lowest BCUT2D eigenvalue weighted by molar-refractivity contribution is -0.386. The van der Waals surface area contributed by atoms with Crippen LogP contribution < -0.4 is 10.2 Å². The van der Waals surface area contributed by atoms with Crippen LogP contribution in [0.2, 0.25) is 0 Å². The van der Waals surface area contributed by atoms with Crippen LogP contribution in [-0.2, 0) is 0 Å². The summed E-state index contributed by atoms with van der Waals surface area (Å²) in [5.74, 6) is -1.21. The number of carbonyl (C=O) groups is 1. The van der Waals surface area contributed by atoms with Crippen LogP contribution in [0, 0.1) is 10.1 Å². The Balaban J connectivity index is 2.23. The molecule has 0 fully saturated rings. The number of phenolic OH excluding ortho intramolecular Hbond substituents is 1. The Morgan fingerprint density at radius 1 is 1.43 bits per heavy atom. The summed E-state index contributed by atoms with van der Waals surface area (Å²) in [5, 5.41) is 24.4. The topological polar surface area (TPSA) is 127 Å². The fourth-order valence-electron chi connectivity index (χ4n) is 1.78. The molecular formula is C14H12N4O5. The molecule has 0 spiro atoms. The monoisotopic (exact) mass is 316 g/mol. The summed E-state index contributed by atoms with van der Waals surface area (Å²) >= 11 is 0. The second-order valence-electron chi connectivity index (χ2n) is 4.23. The molecule has 9 nitrogen and oxygen atoms in total. The number of nitro benzene ring substituents is 1. The number of nitrogens with one attached hydrogen (secondary N) is 1. The molecule has 0 unspecified atom stereocenters. The van der Waals surface area contributed by atoms with Gasteiger partial charge < -0.3 is 9.84 Å². The number of rotatable bonds is 5. The summed E-state index contributed by atoms with van der Waals surface area (Å²) in [6, 6.07) is 7.31. The van der Waals surface area contributed by atoms with Gasteiger partial charge in [0.05, 0.1) is 23.8 Å². The third-order valence-electron chi connectivity index (χ3n) is 2.80. The normalized spacial score (nSPS) is 10.5. The van der Waals surface area contributed by atoms with E-state index in [2.05, 4.69) is 15.5 Å². The zero-order valence-electron chi connectivity index (χ0n) is 12.0. The van der Waals surface area contributed by atoms with E-state index in [0.717, 1.165) is 6.21 Å². The van der Waals surface area contributed by atoms with Gasteiger partial charge in [-0.3, -0.25) is 19.9 Å². The van der Waals surface area contributed by atoms with E-state index < -0.39 is 16.5 Å². The first-order valence-electron chi connectivity index (χ1n) is 6.33. The van der Waals surface area contributed by atoms with Gasteiger partial charge in [-0.25, -0.2) is 5.43 Å². The number of pyridine rings is 1. The molecule has 0 atom stereocenters. The Labute approximate surface area is 130 Å². The number of phenols is 1. The smallest absolute Gasteiger partial charge is 0.323 e. The minimum absolute atomic E-state index is 0.0611. The average molecular weight is 316 g/mol. The number of aromatic nitrogens is 1. The van der Waals surface area contributed by atoms with Gasteiger partial charge in [0.25, 0.3) is 5.91 Å². The van der Waals surface area contributed by atoms with Gasteiger partial charge in [0.1, 0.15) is 5.69 Å². The Morgan fingerprint density at radius 2 is 2.22 bits per heavy atom. The van der Waals surface area contributed by atoms with Crippen molar-refractivity contribution >= 4 is 17.8 Å². The van der Waals surface area contributed by atoms with E-state index in [-0.39, 0.29) is 22.8 Å². The molecule has 0 aliphatic carbocycles. The maximum atomic E-state index is 11.7. The van der Waals surface area contributed by atoms with Crippen LogP contribution in [0.5, 0.6) is 11.5 Å². The Morgan fingerprint density at radius 3 is 2.83 bits per heavy atom. The maximum absolute atomic E-state index is 11.7. The van der Waals surface area contributed by atoms with Crippen molar-refractivity contribution in [1.29, 1.82) is 0 Å². The van der Waals surface area contributed by atoms with Gasteiger partial charge in [0.2, 0.25) is 5.75 Å². The Hall–Kier alpha value is -3.49. The molecule has 0 radical (unpaired) electrons. The first-order valence-corrected chi connectivity index (χ1v) is 6.33. The summed E-state index contributed by atoms with van der Waals surface area (Å²) < 4.78 is 4.82. The number of ether oxygens (including phenoxy) is 1. The summed E-state index contributed by atoms with van der Waals surface area (Å²) in [6.45, 7) is 0. The minimum atomic E-state index is -0.708. The number of hydrogen-bond donors (Lipinski definition) is 2. The molecule has 0 saturated carbocycles. The van der Waals surface area contributed by atoms with Gasteiger partial charge in [0, 0.05) is 6.20 Å². The Kier molecular flexibility index (Phi) is 4.82. The Bertz CT molecular complexity index is 761. The molecule has 0 aliphatic rings. The summed E-state index contributed by atoms with van der Waals surface area (Å²) in [7, 11) is 1.20. The van der Waals surface area contributed by atoms with Crippen LogP contribution in [0.15, 0.2) is 41.6 Å². The van der Waals surface area contributed by atoms with E-state index in [1.165, 1.54) is 31.5 Å². The second kappa shape index (κ2) is 6.98. The van der Waals surface area contributed by atoms with Crippen molar-refractivity contribution in [3.8, 4) is 11.5 Å². The molecule has 1 aromatic carbocycles. The van der Waals surface area contributed by atoms with Crippen LogP contribution >= 0.6 is 0 Å². The molecule has 23 heavy (non-hydrogen) atoms. The van der Waals surface area contributed by atoms with Crippen LogP contribution in [-0.4, -0.2) is 34.2 Å². The van der Waals surface area contributed by atoms with Crippen molar-refractivity contribution in [1.82, 2.24) is 10.4 Å². The first kappa shape index (κ1) is 15.9. The minimum Gasteiger partial charge on any atom is -0.504 e. The lowest BCUT2D eigenvalue weighted by atomic mass is 10.1. The molecule has 9 heteroatoms. The highest BCUT2D eigenvalue weighted by Crippen LogP contribution is 2.37. The summed E-state index contributed by atoms with van der Waals surface area (Å²) in [4.78, 5) is 26.0. The van der Waals surface area contributed by atoms with Crippen molar-refractivity contribution in [2.45, 2.75) is 0 Å². The largest absolute Gasteiger partial charge is 0.504 e. The van der Waals surface area contributed by atoms with Crippen molar-refractivity contribution in [2.75, 3.05) is 7.11 Å². The van der Waals surface area contributed by atoms with Gasteiger partial charge in [0.15, 0.2) is 5.75 Å². The lowest BCUT2D eigenvalue weighted by Crippen LogP contribution is -2.18. The molecule has 1 aromatic heterocycles. The molecule has 2 aromatic rings. The zero-order chi connectivity index (χ0) is 16.8. The van der Waals surface area contributed by atoms with Crippen molar-refractivity contribution in [2.24, 2.45) is 5.10 Å². The highest BCUT2D eigenvalue weighted by Gasteiger charge is 2.23. The number of carbonyl (C=O) groups excluding carboxylic acids is 1. The maximum Gasteiger partial charge on any atom is 0.323 e. The summed E-state index contributed by atoms with van der Waals surface area (Å²) in [5.41, 5.74) is 1.97. The van der Waals surface area contributed by atoms with Crippen LogP contribution in [0.25, 0.3) is 0 Å². The van der Waals surface area contributed by atoms with E-state index in [1.54, 1.807) is 12.1 Å². The van der Waals surface area contributed by atoms with Crippen molar-refractivity contribution in [3.63, 3.8) is 0 Å². The van der Waals surface area contributed by atoms with Crippen molar-refractivity contribution in [3.05, 3.63) is 57.9 Å². The first-order chi connectivity index (χ1) is 11.0. The number of hydrazone groups is 1. The highest BCUT2D eigenvalue weighted by atomic mass is 16.6.